The molecule has 1 N–H and O–H groups in total. The minimum Gasteiger partial charge on any atom is -0.478 e. The number of aromatic carboxylic acids is 1. The van der Waals surface area contributed by atoms with Crippen LogP contribution in [-0.2, 0) is 0 Å². The lowest BCUT2D eigenvalue weighted by Gasteiger charge is -2.10. The topological polar surface area (TPSA) is 62.0 Å². The molecule has 0 fully saturated rings. The van der Waals surface area contributed by atoms with Gasteiger partial charge in [0.1, 0.15) is 0 Å². The standard InChI is InChI=1S/C22H20N2O2/c1-14-4-10-19(11-5-14)23-24-21-16(3)12-15(2)13-20(21)17-6-8-18(9-7-17)22(25)26/h4-13H,1-3H3,(H,25,26). The van der Waals surface area contributed by atoms with Crippen molar-refractivity contribution in [2.75, 3.05) is 0 Å². The predicted molar refractivity (Wildman–Crippen MR) is 104 cm³/mol. The molecule has 0 atom stereocenters. The van der Waals surface area contributed by atoms with Gasteiger partial charge in [0.2, 0.25) is 0 Å². The second-order valence-electron chi connectivity index (χ2n) is 6.40. The van der Waals surface area contributed by atoms with Gasteiger partial charge < -0.3 is 5.11 Å². The van der Waals surface area contributed by atoms with Crippen molar-refractivity contribution < 1.29 is 9.90 Å². The Hall–Kier alpha value is -3.27. The summed E-state index contributed by atoms with van der Waals surface area (Å²) < 4.78 is 0. The first-order valence-corrected chi connectivity index (χ1v) is 8.37. The molecular weight excluding hydrogens is 324 g/mol. The number of benzene rings is 3. The van der Waals surface area contributed by atoms with Crippen LogP contribution in [-0.4, -0.2) is 11.1 Å². The predicted octanol–water partition coefficient (Wildman–Crippen LogP) is 6.39. The molecule has 26 heavy (non-hydrogen) atoms. The summed E-state index contributed by atoms with van der Waals surface area (Å²) in [5, 5.41) is 17.9. The lowest BCUT2D eigenvalue weighted by molar-refractivity contribution is 0.0697. The molecule has 0 saturated heterocycles. The molecule has 0 radical (unpaired) electrons. The molecule has 0 aromatic heterocycles. The zero-order valence-corrected chi connectivity index (χ0v) is 15.0. The van der Waals surface area contributed by atoms with Gasteiger partial charge in [-0.1, -0.05) is 41.5 Å². The van der Waals surface area contributed by atoms with E-state index in [0.717, 1.165) is 33.6 Å². The first kappa shape index (κ1) is 17.5. The van der Waals surface area contributed by atoms with Gasteiger partial charge in [0.15, 0.2) is 0 Å². The average Bonchev–Trinajstić information content (AvgIpc) is 2.62. The van der Waals surface area contributed by atoms with Crippen molar-refractivity contribution in [3.05, 3.63) is 82.9 Å². The Kier molecular flexibility index (Phi) is 4.94. The van der Waals surface area contributed by atoms with E-state index < -0.39 is 5.97 Å². The van der Waals surface area contributed by atoms with Crippen LogP contribution >= 0.6 is 0 Å². The van der Waals surface area contributed by atoms with Gasteiger partial charge in [-0.3, -0.25) is 0 Å². The Morgan fingerprint density at radius 1 is 0.808 bits per heavy atom. The van der Waals surface area contributed by atoms with Gasteiger partial charge in [-0.05, 0) is 62.2 Å². The molecule has 4 heteroatoms. The lowest BCUT2D eigenvalue weighted by atomic mass is 9.97. The van der Waals surface area contributed by atoms with Gasteiger partial charge in [0.05, 0.1) is 16.9 Å². The average molecular weight is 344 g/mol. The molecule has 130 valence electrons. The van der Waals surface area contributed by atoms with Crippen LogP contribution in [0.2, 0.25) is 0 Å². The fourth-order valence-electron chi connectivity index (χ4n) is 2.82. The molecule has 0 amide bonds. The van der Waals surface area contributed by atoms with Crippen LogP contribution in [0.15, 0.2) is 70.9 Å². The number of carboxylic acids is 1. The highest BCUT2D eigenvalue weighted by Crippen LogP contribution is 2.35. The fourth-order valence-corrected chi connectivity index (χ4v) is 2.82. The molecule has 3 aromatic carbocycles. The number of hydrogen-bond acceptors (Lipinski definition) is 3. The molecule has 0 aliphatic heterocycles. The number of hydrogen-bond donors (Lipinski definition) is 1. The summed E-state index contributed by atoms with van der Waals surface area (Å²) in [6, 6.07) is 18.8. The Labute approximate surface area is 152 Å². The van der Waals surface area contributed by atoms with Crippen LogP contribution in [0, 0.1) is 20.8 Å². The molecule has 3 rings (SSSR count). The van der Waals surface area contributed by atoms with E-state index in [-0.39, 0.29) is 5.56 Å². The van der Waals surface area contributed by atoms with E-state index in [1.807, 2.05) is 63.2 Å². The van der Waals surface area contributed by atoms with Crippen molar-refractivity contribution in [2.45, 2.75) is 20.8 Å². The molecule has 0 spiro atoms. The van der Waals surface area contributed by atoms with E-state index in [0.29, 0.717) is 0 Å². The SMILES string of the molecule is Cc1ccc(N=Nc2c(C)cc(C)cc2-c2ccc(C(=O)O)cc2)cc1. The van der Waals surface area contributed by atoms with Crippen LogP contribution < -0.4 is 0 Å². The van der Waals surface area contributed by atoms with E-state index in [4.69, 9.17) is 5.11 Å². The molecular formula is C22H20N2O2. The summed E-state index contributed by atoms with van der Waals surface area (Å²) in [6.07, 6.45) is 0. The van der Waals surface area contributed by atoms with E-state index in [9.17, 15) is 4.79 Å². The van der Waals surface area contributed by atoms with E-state index in [2.05, 4.69) is 16.3 Å². The van der Waals surface area contributed by atoms with Crippen LogP contribution in [0.4, 0.5) is 11.4 Å². The van der Waals surface area contributed by atoms with Gasteiger partial charge in [-0.15, -0.1) is 5.11 Å². The number of aryl methyl sites for hydroxylation is 3. The van der Waals surface area contributed by atoms with Gasteiger partial charge in [0, 0.05) is 5.56 Å². The van der Waals surface area contributed by atoms with Crippen molar-refractivity contribution >= 4 is 17.3 Å². The lowest BCUT2D eigenvalue weighted by Crippen LogP contribution is -1.95. The third-order valence-corrected chi connectivity index (χ3v) is 4.19. The molecule has 0 heterocycles. The number of carbonyl (C=O) groups is 1. The minimum absolute atomic E-state index is 0.265. The van der Waals surface area contributed by atoms with Gasteiger partial charge in [0.25, 0.3) is 0 Å². The second kappa shape index (κ2) is 7.31. The normalized spacial score (nSPS) is 11.0. The van der Waals surface area contributed by atoms with E-state index in [1.165, 1.54) is 5.56 Å². The molecule has 4 nitrogen and oxygen atoms in total. The molecule has 3 aromatic rings. The van der Waals surface area contributed by atoms with Gasteiger partial charge in [-0.25, -0.2) is 4.79 Å². The monoisotopic (exact) mass is 344 g/mol. The maximum atomic E-state index is 11.1. The first-order valence-electron chi connectivity index (χ1n) is 8.37. The fraction of sp³-hybridized carbons (Fsp3) is 0.136. The smallest absolute Gasteiger partial charge is 0.335 e. The number of azo groups is 1. The zero-order chi connectivity index (χ0) is 18.7. The summed E-state index contributed by atoms with van der Waals surface area (Å²) in [5.74, 6) is -0.934. The van der Waals surface area contributed by atoms with Crippen LogP contribution in [0.5, 0.6) is 0 Å². The zero-order valence-electron chi connectivity index (χ0n) is 15.0. The molecule has 0 saturated carbocycles. The van der Waals surface area contributed by atoms with Crippen molar-refractivity contribution in [2.24, 2.45) is 10.2 Å². The summed E-state index contributed by atoms with van der Waals surface area (Å²) in [6.45, 7) is 6.07. The maximum absolute atomic E-state index is 11.1. The van der Waals surface area contributed by atoms with E-state index in [1.54, 1.807) is 12.1 Å². The number of rotatable bonds is 4. The Balaban J connectivity index is 2.04. The minimum atomic E-state index is -0.934. The molecule has 0 aliphatic rings. The van der Waals surface area contributed by atoms with Crippen molar-refractivity contribution in [1.29, 1.82) is 0 Å². The summed E-state index contributed by atoms with van der Waals surface area (Å²) >= 11 is 0. The third-order valence-electron chi connectivity index (χ3n) is 4.19. The summed E-state index contributed by atoms with van der Waals surface area (Å²) in [4.78, 5) is 11.1. The van der Waals surface area contributed by atoms with Gasteiger partial charge >= 0.3 is 5.97 Å². The number of carboxylic acid groups (broad SMARTS) is 1. The van der Waals surface area contributed by atoms with Crippen molar-refractivity contribution in [3.8, 4) is 11.1 Å². The highest BCUT2D eigenvalue weighted by molar-refractivity contribution is 5.89. The largest absolute Gasteiger partial charge is 0.478 e. The quantitative estimate of drug-likeness (QED) is 0.557. The molecule has 0 aliphatic carbocycles. The van der Waals surface area contributed by atoms with Crippen LogP contribution in [0.1, 0.15) is 27.0 Å². The molecule has 0 unspecified atom stereocenters. The second-order valence-corrected chi connectivity index (χ2v) is 6.40. The Morgan fingerprint density at radius 2 is 1.46 bits per heavy atom. The van der Waals surface area contributed by atoms with Gasteiger partial charge in [-0.2, -0.15) is 5.11 Å². The summed E-state index contributed by atoms with van der Waals surface area (Å²) in [7, 11) is 0. The van der Waals surface area contributed by atoms with Crippen molar-refractivity contribution in [3.63, 3.8) is 0 Å². The number of nitrogens with zero attached hydrogens (tertiary/aromatic N) is 2. The highest BCUT2D eigenvalue weighted by Gasteiger charge is 2.10. The van der Waals surface area contributed by atoms with Crippen LogP contribution in [0.3, 0.4) is 0 Å². The highest BCUT2D eigenvalue weighted by atomic mass is 16.4. The Bertz CT molecular complexity index is 972. The third kappa shape index (κ3) is 3.86. The molecule has 0 bridgehead atoms. The van der Waals surface area contributed by atoms with E-state index >= 15 is 0 Å². The summed E-state index contributed by atoms with van der Waals surface area (Å²) in [5.41, 5.74) is 7.03. The Morgan fingerprint density at radius 3 is 2.08 bits per heavy atom. The van der Waals surface area contributed by atoms with Crippen molar-refractivity contribution in [1.82, 2.24) is 0 Å². The van der Waals surface area contributed by atoms with Crippen LogP contribution in [0.25, 0.3) is 11.1 Å². The maximum Gasteiger partial charge on any atom is 0.335 e. The first-order chi connectivity index (χ1) is 12.4.